The van der Waals surface area contributed by atoms with Gasteiger partial charge < -0.3 is 4.74 Å². The van der Waals surface area contributed by atoms with Gasteiger partial charge in [0.25, 0.3) is 5.91 Å². The third kappa shape index (κ3) is 6.41. The fraction of sp³-hybridized carbons (Fsp3) is 0.318. The highest BCUT2D eigenvalue weighted by atomic mass is 32.2. The van der Waals surface area contributed by atoms with E-state index >= 15 is 0 Å². The molecule has 1 aliphatic heterocycles. The van der Waals surface area contributed by atoms with Gasteiger partial charge in [-0.1, -0.05) is 48.5 Å². The number of thioether (sulfide) groups is 1. The number of esters is 1. The molecule has 1 unspecified atom stereocenters. The largest absolute Gasteiger partial charge is 0.454 e. The summed E-state index contributed by atoms with van der Waals surface area (Å²) in [4.78, 5) is 25.1. The third-order valence-corrected chi connectivity index (χ3v) is 6.91. The van der Waals surface area contributed by atoms with Crippen LogP contribution in [0.5, 0.6) is 0 Å². The molecule has 10 heteroatoms. The summed E-state index contributed by atoms with van der Waals surface area (Å²) in [5.41, 5.74) is 1.73. The van der Waals surface area contributed by atoms with Crippen LogP contribution in [-0.4, -0.2) is 62.2 Å². The number of carbonyl (C=O) groups is 2. The molecule has 8 nitrogen and oxygen atoms in total. The zero-order valence-electron chi connectivity index (χ0n) is 17.6. The highest BCUT2D eigenvalue weighted by Gasteiger charge is 2.28. The number of hydrogen-bond acceptors (Lipinski definition) is 7. The zero-order valence-corrected chi connectivity index (χ0v) is 19.3. The number of nitrogens with zero attached hydrogens (tertiary/aromatic N) is 2. The van der Waals surface area contributed by atoms with Crippen LogP contribution in [0, 0.1) is 0 Å². The molecule has 0 spiro atoms. The smallest absolute Gasteiger partial charge is 0.324 e. The third-order valence-electron chi connectivity index (χ3n) is 4.78. The predicted octanol–water partition coefficient (Wildman–Crippen LogP) is 2.27. The number of nitrogens with one attached hydrogen (secondary N) is 1. The van der Waals surface area contributed by atoms with E-state index in [9.17, 15) is 18.0 Å². The summed E-state index contributed by atoms with van der Waals surface area (Å²) in [6, 6.07) is 16.2. The molecule has 1 aliphatic rings. The molecular formula is C22H25N3O5S2. The minimum absolute atomic E-state index is 0.0536. The average molecular weight is 476 g/mol. The van der Waals surface area contributed by atoms with E-state index in [-0.39, 0.29) is 11.3 Å². The SMILES string of the molecule is CSCCC(NS(=O)(=O)c1ccccc1)C(=O)OCC(=O)N1CCC(c2ccccc2)=N1. The Bertz CT molecular complexity index is 1060. The fourth-order valence-electron chi connectivity index (χ4n) is 3.09. The lowest BCUT2D eigenvalue weighted by molar-refractivity contribution is -0.153. The van der Waals surface area contributed by atoms with E-state index in [4.69, 9.17) is 4.74 Å². The summed E-state index contributed by atoms with van der Waals surface area (Å²) >= 11 is 1.48. The molecule has 1 amide bonds. The normalized spacial score (nSPS) is 14.7. The summed E-state index contributed by atoms with van der Waals surface area (Å²) in [7, 11) is -3.90. The first-order valence-electron chi connectivity index (χ1n) is 10.1. The molecule has 32 heavy (non-hydrogen) atoms. The molecule has 170 valence electrons. The molecular weight excluding hydrogens is 450 g/mol. The van der Waals surface area contributed by atoms with E-state index in [0.29, 0.717) is 18.7 Å². The minimum Gasteiger partial charge on any atom is -0.454 e. The first-order valence-corrected chi connectivity index (χ1v) is 12.9. The molecule has 0 saturated heterocycles. The van der Waals surface area contributed by atoms with Gasteiger partial charge in [0.15, 0.2) is 6.61 Å². The average Bonchev–Trinajstić information content (AvgIpc) is 3.31. The summed E-state index contributed by atoms with van der Waals surface area (Å²) in [5.74, 6) is -0.709. The Morgan fingerprint density at radius 1 is 1.12 bits per heavy atom. The first kappa shape index (κ1) is 24.0. The zero-order chi connectivity index (χ0) is 23.0. The molecule has 1 N–H and O–H groups in total. The molecule has 0 aromatic heterocycles. The van der Waals surface area contributed by atoms with Crippen molar-refractivity contribution in [3.05, 3.63) is 66.2 Å². The molecule has 0 fully saturated rings. The van der Waals surface area contributed by atoms with Gasteiger partial charge in [0.2, 0.25) is 10.0 Å². The highest BCUT2D eigenvalue weighted by Crippen LogP contribution is 2.15. The molecule has 1 heterocycles. The van der Waals surface area contributed by atoms with Crippen LogP contribution < -0.4 is 4.72 Å². The number of ether oxygens (including phenoxy) is 1. The summed E-state index contributed by atoms with van der Waals surface area (Å²) in [5, 5.41) is 5.60. The molecule has 0 bridgehead atoms. The Balaban J connectivity index is 1.60. The predicted molar refractivity (Wildman–Crippen MR) is 124 cm³/mol. The first-order chi connectivity index (χ1) is 15.4. The number of rotatable bonds is 10. The van der Waals surface area contributed by atoms with Crippen molar-refractivity contribution in [3.63, 3.8) is 0 Å². The van der Waals surface area contributed by atoms with E-state index in [2.05, 4.69) is 9.82 Å². The Kier molecular flexibility index (Phi) is 8.43. The van der Waals surface area contributed by atoms with Crippen LogP contribution in [0.3, 0.4) is 0 Å². The topological polar surface area (TPSA) is 105 Å². The van der Waals surface area contributed by atoms with Crippen LogP contribution in [0.25, 0.3) is 0 Å². The number of sulfonamides is 1. The van der Waals surface area contributed by atoms with E-state index in [1.807, 2.05) is 36.6 Å². The fourth-order valence-corrected chi connectivity index (χ4v) is 4.81. The van der Waals surface area contributed by atoms with E-state index < -0.39 is 34.5 Å². The van der Waals surface area contributed by atoms with Gasteiger partial charge >= 0.3 is 5.97 Å². The lowest BCUT2D eigenvalue weighted by Gasteiger charge is -2.18. The van der Waals surface area contributed by atoms with Crippen LogP contribution in [0.4, 0.5) is 0 Å². The van der Waals surface area contributed by atoms with Gasteiger partial charge in [-0.05, 0) is 36.1 Å². The van der Waals surface area contributed by atoms with E-state index in [0.717, 1.165) is 11.3 Å². The van der Waals surface area contributed by atoms with Crippen molar-refractivity contribution in [2.75, 3.05) is 25.2 Å². The molecule has 2 aromatic rings. The van der Waals surface area contributed by atoms with E-state index in [1.54, 1.807) is 18.2 Å². The maximum atomic E-state index is 12.6. The van der Waals surface area contributed by atoms with Gasteiger partial charge in [-0.3, -0.25) is 9.59 Å². The Morgan fingerprint density at radius 2 is 1.78 bits per heavy atom. The monoisotopic (exact) mass is 475 g/mol. The van der Waals surface area contributed by atoms with Gasteiger partial charge in [0.05, 0.1) is 17.2 Å². The number of hydrazone groups is 1. The number of carbonyl (C=O) groups excluding carboxylic acids is 2. The van der Waals surface area contributed by atoms with Crippen LogP contribution in [0.2, 0.25) is 0 Å². The lowest BCUT2D eigenvalue weighted by atomic mass is 10.1. The van der Waals surface area contributed by atoms with Crippen molar-refractivity contribution in [1.82, 2.24) is 9.73 Å². The van der Waals surface area contributed by atoms with Crippen molar-refractivity contribution in [2.45, 2.75) is 23.8 Å². The summed E-state index contributed by atoms with van der Waals surface area (Å²) in [6.45, 7) is -0.107. The summed E-state index contributed by atoms with van der Waals surface area (Å²) < 4.78 is 32.8. The standard InChI is InChI=1S/C22H25N3O5S2/c1-31-15-13-20(24-32(28,29)18-10-6-3-7-11-18)22(27)30-16-21(26)25-14-12-19(23-25)17-8-4-2-5-9-17/h2-11,20,24H,12-16H2,1H3. The van der Waals surface area contributed by atoms with Crippen LogP contribution in [0.15, 0.2) is 70.7 Å². The highest BCUT2D eigenvalue weighted by molar-refractivity contribution is 7.98. The van der Waals surface area contributed by atoms with Crippen LogP contribution in [-0.2, 0) is 24.3 Å². The Morgan fingerprint density at radius 3 is 2.44 bits per heavy atom. The number of benzene rings is 2. The second kappa shape index (κ2) is 11.3. The number of hydrogen-bond donors (Lipinski definition) is 1. The van der Waals surface area contributed by atoms with Gasteiger partial charge in [-0.25, -0.2) is 13.4 Å². The quantitative estimate of drug-likeness (QED) is 0.529. The lowest BCUT2D eigenvalue weighted by Crippen LogP contribution is -2.43. The number of amides is 1. The van der Waals surface area contributed by atoms with E-state index in [1.165, 1.54) is 28.9 Å². The molecule has 0 aliphatic carbocycles. The Labute approximate surface area is 192 Å². The maximum Gasteiger partial charge on any atom is 0.324 e. The molecule has 0 radical (unpaired) electrons. The molecule has 3 rings (SSSR count). The van der Waals surface area contributed by atoms with Crippen molar-refractivity contribution in [1.29, 1.82) is 0 Å². The molecule has 0 saturated carbocycles. The van der Waals surface area contributed by atoms with Crippen LogP contribution >= 0.6 is 11.8 Å². The van der Waals surface area contributed by atoms with Crippen LogP contribution in [0.1, 0.15) is 18.4 Å². The summed E-state index contributed by atoms with van der Waals surface area (Å²) in [6.07, 6.45) is 2.70. The second-order valence-corrected chi connectivity index (χ2v) is 9.76. The van der Waals surface area contributed by atoms with Crippen molar-refractivity contribution in [2.24, 2.45) is 5.10 Å². The van der Waals surface area contributed by atoms with Gasteiger partial charge in [-0.2, -0.15) is 21.6 Å². The van der Waals surface area contributed by atoms with Crippen molar-refractivity contribution < 1.29 is 22.7 Å². The second-order valence-electron chi connectivity index (χ2n) is 7.06. The Hall–Kier alpha value is -2.69. The molecule has 2 aromatic carbocycles. The van der Waals surface area contributed by atoms with Crippen molar-refractivity contribution >= 4 is 39.4 Å². The maximum absolute atomic E-state index is 12.6. The van der Waals surface area contributed by atoms with Crippen molar-refractivity contribution in [3.8, 4) is 0 Å². The van der Waals surface area contributed by atoms with Gasteiger partial charge in [0, 0.05) is 6.42 Å². The van der Waals surface area contributed by atoms with Gasteiger partial charge in [-0.15, -0.1) is 0 Å². The van der Waals surface area contributed by atoms with Gasteiger partial charge in [0.1, 0.15) is 6.04 Å². The molecule has 1 atom stereocenters. The minimum atomic E-state index is -3.90.